The molecule has 0 spiro atoms. The highest BCUT2D eigenvalue weighted by atomic mass is 32.1. The first-order valence-electron chi connectivity index (χ1n) is 10.6. The molecule has 9 nitrogen and oxygen atoms in total. The number of likely N-dealkylation sites (N-methyl/N-ethyl adjacent to an activating group) is 1. The van der Waals surface area contributed by atoms with Gasteiger partial charge in [-0.1, -0.05) is 18.2 Å². The molecule has 3 aromatic heterocycles. The summed E-state index contributed by atoms with van der Waals surface area (Å²) >= 11 is 1.49. The zero-order valence-corrected chi connectivity index (χ0v) is 19.0. The van der Waals surface area contributed by atoms with Crippen molar-refractivity contribution in [1.82, 2.24) is 30.0 Å². The number of rotatable bonds is 6. The average Bonchev–Trinajstić information content (AvgIpc) is 3.59. The van der Waals surface area contributed by atoms with Crippen molar-refractivity contribution in [3.05, 3.63) is 65.4 Å². The van der Waals surface area contributed by atoms with Gasteiger partial charge >= 0.3 is 0 Å². The van der Waals surface area contributed by atoms with E-state index in [0.29, 0.717) is 30.2 Å². The molecule has 1 fully saturated rings. The number of aromatic nitrogens is 5. The van der Waals surface area contributed by atoms with Gasteiger partial charge in [-0.3, -0.25) is 9.89 Å². The number of benzene rings is 1. The Labute approximate surface area is 194 Å². The van der Waals surface area contributed by atoms with Crippen molar-refractivity contribution in [2.75, 3.05) is 18.9 Å². The molecular formula is C23H23N7O2S. The zero-order valence-electron chi connectivity index (χ0n) is 18.2. The average molecular weight is 462 g/mol. The minimum absolute atomic E-state index is 0.00382. The normalized spacial score (nSPS) is 19.1. The molecule has 0 radical (unpaired) electrons. The number of aromatic amines is 1. The van der Waals surface area contributed by atoms with Crippen molar-refractivity contribution < 1.29 is 9.90 Å². The second-order valence-corrected chi connectivity index (χ2v) is 8.98. The largest absolute Gasteiger partial charge is 0.375 e. The third-order valence-corrected chi connectivity index (χ3v) is 6.78. The molecule has 0 aliphatic carbocycles. The van der Waals surface area contributed by atoms with Gasteiger partial charge in [0.2, 0.25) is 5.95 Å². The number of likely N-dealkylation sites (tertiary alicyclic amines) is 1. The lowest BCUT2D eigenvalue weighted by molar-refractivity contribution is -0.143. The van der Waals surface area contributed by atoms with E-state index in [0.717, 1.165) is 21.8 Å². The molecule has 10 heteroatoms. The van der Waals surface area contributed by atoms with E-state index in [1.54, 1.807) is 30.4 Å². The van der Waals surface area contributed by atoms with Crippen LogP contribution in [0.5, 0.6) is 0 Å². The van der Waals surface area contributed by atoms with Crippen molar-refractivity contribution >= 4 is 23.2 Å². The Morgan fingerprint density at radius 3 is 2.91 bits per heavy atom. The standard InChI is InChI=1S/C23H23N7O2S/c1-14(16-11-25-26-12-16)27-22-24-8-6-18(29-22)19-13-33-20(28-19)15-4-3-5-17(10-15)23(32)7-9-30(2)21(23)31/h3-6,8,10-14,32H,7,9H2,1-2H3,(H,25,26)(H,24,27,29). The highest BCUT2D eigenvalue weighted by Crippen LogP contribution is 2.36. The van der Waals surface area contributed by atoms with Crippen molar-refractivity contribution in [2.24, 2.45) is 0 Å². The number of amides is 1. The lowest BCUT2D eigenvalue weighted by Gasteiger charge is -2.21. The van der Waals surface area contributed by atoms with Crippen molar-refractivity contribution in [2.45, 2.75) is 25.0 Å². The summed E-state index contributed by atoms with van der Waals surface area (Å²) < 4.78 is 0. The number of thiazole rings is 1. The monoisotopic (exact) mass is 461 g/mol. The molecule has 168 valence electrons. The third-order valence-electron chi connectivity index (χ3n) is 5.88. The smallest absolute Gasteiger partial charge is 0.258 e. The van der Waals surface area contributed by atoms with Crippen LogP contribution in [-0.4, -0.2) is 54.7 Å². The summed E-state index contributed by atoms with van der Waals surface area (Å²) in [6.07, 6.45) is 5.67. The van der Waals surface area contributed by atoms with Crippen LogP contribution in [0.3, 0.4) is 0 Å². The number of H-pyrrole nitrogens is 1. The summed E-state index contributed by atoms with van der Waals surface area (Å²) in [5, 5.41) is 23.8. The number of hydrogen-bond donors (Lipinski definition) is 3. The van der Waals surface area contributed by atoms with E-state index in [1.807, 2.05) is 42.8 Å². The molecular weight excluding hydrogens is 438 g/mol. The Kier molecular flexibility index (Phi) is 5.39. The summed E-state index contributed by atoms with van der Waals surface area (Å²) in [4.78, 5) is 27.7. The van der Waals surface area contributed by atoms with Gasteiger partial charge in [0, 0.05) is 48.9 Å². The molecule has 3 N–H and O–H groups in total. The topological polar surface area (TPSA) is 120 Å². The highest BCUT2D eigenvalue weighted by Gasteiger charge is 2.45. The summed E-state index contributed by atoms with van der Waals surface area (Å²) in [7, 11) is 1.71. The maximum atomic E-state index is 12.5. The number of carbonyl (C=O) groups is 1. The number of anilines is 1. The van der Waals surface area contributed by atoms with Crippen LogP contribution in [-0.2, 0) is 10.4 Å². The molecule has 1 aromatic carbocycles. The Morgan fingerprint density at radius 2 is 2.15 bits per heavy atom. The van der Waals surface area contributed by atoms with Crippen LogP contribution in [0.4, 0.5) is 5.95 Å². The van der Waals surface area contributed by atoms with Gasteiger partial charge in [0.05, 0.1) is 17.9 Å². The molecule has 2 unspecified atom stereocenters. The molecule has 1 amide bonds. The van der Waals surface area contributed by atoms with Gasteiger partial charge in [-0.05, 0) is 24.6 Å². The number of hydrogen-bond acceptors (Lipinski definition) is 8. The summed E-state index contributed by atoms with van der Waals surface area (Å²) in [6.45, 7) is 2.54. The first kappa shape index (κ1) is 21.2. The molecule has 2 atom stereocenters. The second kappa shape index (κ2) is 8.38. The summed E-state index contributed by atoms with van der Waals surface area (Å²) in [5.41, 5.74) is 2.40. The molecule has 0 saturated carbocycles. The maximum Gasteiger partial charge on any atom is 0.258 e. The first-order chi connectivity index (χ1) is 15.9. The van der Waals surface area contributed by atoms with Crippen LogP contribution in [0, 0.1) is 0 Å². The van der Waals surface area contributed by atoms with Crippen LogP contribution >= 0.6 is 11.3 Å². The molecule has 4 aromatic rings. The van der Waals surface area contributed by atoms with Gasteiger partial charge < -0.3 is 15.3 Å². The SMILES string of the molecule is CC(Nc1nccc(-c2csc(-c3cccc(C4(O)CCN(C)C4=O)c3)n2)n1)c1cn[nH]c1. The number of aliphatic hydroxyl groups is 1. The van der Waals surface area contributed by atoms with Gasteiger partial charge in [-0.2, -0.15) is 5.10 Å². The Bertz CT molecular complexity index is 1290. The predicted molar refractivity (Wildman–Crippen MR) is 125 cm³/mol. The molecule has 0 bridgehead atoms. The van der Waals surface area contributed by atoms with Gasteiger partial charge in [0.15, 0.2) is 5.60 Å². The Hall–Kier alpha value is -3.63. The molecule has 33 heavy (non-hydrogen) atoms. The highest BCUT2D eigenvalue weighted by molar-refractivity contribution is 7.13. The van der Waals surface area contributed by atoms with Crippen LogP contribution < -0.4 is 5.32 Å². The van der Waals surface area contributed by atoms with Crippen molar-refractivity contribution in [3.63, 3.8) is 0 Å². The Balaban J connectivity index is 1.39. The van der Waals surface area contributed by atoms with E-state index in [2.05, 4.69) is 25.5 Å². The van der Waals surface area contributed by atoms with Crippen molar-refractivity contribution in [3.8, 4) is 22.0 Å². The molecule has 4 heterocycles. The minimum atomic E-state index is -1.48. The fourth-order valence-electron chi connectivity index (χ4n) is 3.90. The minimum Gasteiger partial charge on any atom is -0.375 e. The van der Waals surface area contributed by atoms with E-state index >= 15 is 0 Å². The van der Waals surface area contributed by atoms with E-state index in [1.165, 1.54) is 11.3 Å². The fourth-order valence-corrected chi connectivity index (χ4v) is 4.71. The van der Waals surface area contributed by atoms with E-state index < -0.39 is 5.60 Å². The van der Waals surface area contributed by atoms with Gasteiger partial charge in [0.25, 0.3) is 5.91 Å². The van der Waals surface area contributed by atoms with E-state index in [9.17, 15) is 9.90 Å². The number of nitrogens with one attached hydrogen (secondary N) is 2. The summed E-state index contributed by atoms with van der Waals surface area (Å²) in [5.74, 6) is 0.231. The van der Waals surface area contributed by atoms with Crippen LogP contribution in [0.25, 0.3) is 22.0 Å². The summed E-state index contributed by atoms with van der Waals surface area (Å²) in [6, 6.07) is 9.23. The lowest BCUT2D eigenvalue weighted by Crippen LogP contribution is -2.36. The molecule has 1 aliphatic rings. The van der Waals surface area contributed by atoms with Gasteiger partial charge in [-0.25, -0.2) is 15.0 Å². The van der Waals surface area contributed by atoms with Crippen LogP contribution in [0.15, 0.2) is 54.3 Å². The lowest BCUT2D eigenvalue weighted by atomic mass is 9.91. The van der Waals surface area contributed by atoms with Crippen LogP contribution in [0.2, 0.25) is 0 Å². The maximum absolute atomic E-state index is 12.5. The molecule has 1 saturated heterocycles. The Morgan fingerprint density at radius 1 is 1.27 bits per heavy atom. The second-order valence-electron chi connectivity index (χ2n) is 8.12. The third kappa shape index (κ3) is 3.98. The number of carbonyl (C=O) groups excluding carboxylic acids is 1. The number of nitrogens with zero attached hydrogens (tertiary/aromatic N) is 5. The molecule has 5 rings (SSSR count). The van der Waals surface area contributed by atoms with E-state index in [4.69, 9.17) is 4.98 Å². The first-order valence-corrected chi connectivity index (χ1v) is 11.4. The van der Waals surface area contributed by atoms with Crippen molar-refractivity contribution in [1.29, 1.82) is 0 Å². The zero-order chi connectivity index (χ0) is 23.0. The van der Waals surface area contributed by atoms with E-state index in [-0.39, 0.29) is 11.9 Å². The quantitative estimate of drug-likeness (QED) is 0.403. The fraction of sp³-hybridized carbons (Fsp3) is 0.261. The molecule has 1 aliphatic heterocycles. The van der Waals surface area contributed by atoms with Gasteiger partial charge in [-0.15, -0.1) is 11.3 Å². The van der Waals surface area contributed by atoms with Crippen LogP contribution in [0.1, 0.15) is 30.5 Å². The predicted octanol–water partition coefficient (Wildman–Crippen LogP) is 3.21. The van der Waals surface area contributed by atoms with Gasteiger partial charge in [0.1, 0.15) is 10.7 Å².